The molecule has 0 saturated carbocycles. The number of halogens is 2. The Morgan fingerprint density at radius 3 is 2.28 bits per heavy atom. The molecule has 2 nitrogen and oxygen atoms in total. The Balaban J connectivity index is 1.71. The average Bonchev–Trinajstić information content (AvgIpc) is 3.23. The second kappa shape index (κ2) is 8.53. The molecule has 0 aromatic heterocycles. The lowest BCUT2D eigenvalue weighted by Gasteiger charge is -2.39. The Morgan fingerprint density at radius 1 is 0.966 bits per heavy atom. The molecule has 2 aromatic carbocycles. The highest BCUT2D eigenvalue weighted by Gasteiger charge is 2.45. The first-order valence-electron chi connectivity index (χ1n) is 10.5. The molecule has 1 atom stereocenters. The van der Waals surface area contributed by atoms with Gasteiger partial charge in [0.05, 0.1) is 5.92 Å². The van der Waals surface area contributed by atoms with Gasteiger partial charge in [-0.25, -0.2) is 4.58 Å². The van der Waals surface area contributed by atoms with E-state index in [1.807, 2.05) is 18.2 Å². The number of likely N-dealkylation sites (tertiary alicyclic amines) is 1. The van der Waals surface area contributed by atoms with E-state index in [4.69, 9.17) is 23.2 Å². The summed E-state index contributed by atoms with van der Waals surface area (Å²) in [6.45, 7) is 7.88. The van der Waals surface area contributed by atoms with Crippen LogP contribution in [0.3, 0.4) is 0 Å². The largest absolute Gasteiger partial charge is 0.374 e. The Hall–Kier alpha value is -1.77. The van der Waals surface area contributed by atoms with Crippen LogP contribution in [0.15, 0.2) is 60.3 Å². The highest BCUT2D eigenvalue weighted by atomic mass is 35.5. The van der Waals surface area contributed by atoms with Crippen molar-refractivity contribution >= 4 is 29.4 Å². The van der Waals surface area contributed by atoms with Crippen molar-refractivity contribution in [2.75, 3.05) is 13.1 Å². The summed E-state index contributed by atoms with van der Waals surface area (Å²) in [6, 6.07) is 16.5. The molecule has 0 spiro atoms. The maximum absolute atomic E-state index is 6.58. The molecule has 4 rings (SSSR count). The Kier molecular flexibility index (Phi) is 6.03. The molecule has 2 aliphatic rings. The molecule has 1 fully saturated rings. The number of hydrogen-bond acceptors (Lipinski definition) is 1. The first-order valence-corrected chi connectivity index (χ1v) is 11.3. The molecular formula is C25H29Cl2N2+. The normalized spacial score (nSPS) is 21.1. The van der Waals surface area contributed by atoms with E-state index in [0.29, 0.717) is 5.92 Å². The van der Waals surface area contributed by atoms with Crippen molar-refractivity contribution in [3.63, 3.8) is 0 Å². The molecule has 2 aliphatic heterocycles. The lowest BCUT2D eigenvalue weighted by molar-refractivity contribution is -0.621. The van der Waals surface area contributed by atoms with Gasteiger partial charge in [0.1, 0.15) is 0 Å². The summed E-state index contributed by atoms with van der Waals surface area (Å²) in [4.78, 5) is 2.56. The molecule has 4 heteroatoms. The van der Waals surface area contributed by atoms with Gasteiger partial charge in [-0.3, -0.25) is 0 Å². The van der Waals surface area contributed by atoms with Crippen LogP contribution in [-0.4, -0.2) is 34.3 Å². The lowest BCUT2D eigenvalue weighted by Crippen LogP contribution is -2.50. The van der Waals surface area contributed by atoms with E-state index < -0.39 is 0 Å². The van der Waals surface area contributed by atoms with Gasteiger partial charge in [0.25, 0.3) is 0 Å². The Labute approximate surface area is 184 Å². The van der Waals surface area contributed by atoms with Crippen LogP contribution in [0, 0.1) is 5.92 Å². The zero-order chi connectivity index (χ0) is 20.4. The molecule has 1 unspecified atom stereocenters. The Morgan fingerprint density at radius 2 is 1.62 bits per heavy atom. The highest BCUT2D eigenvalue weighted by Crippen LogP contribution is 2.39. The van der Waals surface area contributed by atoms with Crippen molar-refractivity contribution in [1.82, 2.24) is 4.90 Å². The molecule has 2 aromatic rings. The number of nitrogens with zero attached hydrogens (tertiary/aromatic N) is 2. The second-order valence-electron chi connectivity index (χ2n) is 8.66. The van der Waals surface area contributed by atoms with Crippen molar-refractivity contribution in [3.05, 3.63) is 81.5 Å². The zero-order valence-electron chi connectivity index (χ0n) is 17.2. The molecule has 152 valence electrons. The van der Waals surface area contributed by atoms with Gasteiger partial charge in [0, 0.05) is 54.3 Å². The molecule has 29 heavy (non-hydrogen) atoms. The fourth-order valence-electron chi connectivity index (χ4n) is 4.66. The number of benzene rings is 2. The summed E-state index contributed by atoms with van der Waals surface area (Å²) in [5.41, 5.74) is 3.74. The third-order valence-electron chi connectivity index (χ3n) is 6.51. The van der Waals surface area contributed by atoms with E-state index in [1.54, 1.807) is 0 Å². The molecule has 0 amide bonds. The maximum atomic E-state index is 6.58. The fourth-order valence-corrected chi connectivity index (χ4v) is 5.21. The number of allylic oxidation sites excluding steroid dienone is 1. The van der Waals surface area contributed by atoms with Crippen molar-refractivity contribution in [3.8, 4) is 0 Å². The van der Waals surface area contributed by atoms with E-state index in [1.165, 1.54) is 24.1 Å². The summed E-state index contributed by atoms with van der Waals surface area (Å²) < 4.78 is 2.47. The third-order valence-corrected chi connectivity index (χ3v) is 7.22. The molecule has 2 heterocycles. The van der Waals surface area contributed by atoms with Gasteiger partial charge in [0.15, 0.2) is 18.3 Å². The fraction of sp³-hybridized carbons (Fsp3) is 0.400. The van der Waals surface area contributed by atoms with Crippen LogP contribution in [0.1, 0.15) is 37.8 Å². The van der Waals surface area contributed by atoms with Gasteiger partial charge >= 0.3 is 0 Å². The van der Waals surface area contributed by atoms with Crippen LogP contribution in [0.25, 0.3) is 0 Å². The average molecular weight is 428 g/mol. The van der Waals surface area contributed by atoms with Gasteiger partial charge in [-0.15, -0.1) is 0 Å². The Bertz CT molecular complexity index is 905. The van der Waals surface area contributed by atoms with Crippen LogP contribution < -0.4 is 0 Å². The van der Waals surface area contributed by atoms with E-state index in [2.05, 4.69) is 65.9 Å². The predicted octanol–water partition coefficient (Wildman–Crippen LogP) is 6.21. The van der Waals surface area contributed by atoms with Crippen LogP contribution >= 0.6 is 23.2 Å². The van der Waals surface area contributed by atoms with Crippen LogP contribution in [0.2, 0.25) is 10.0 Å². The molecule has 0 N–H and O–H groups in total. The first kappa shape index (κ1) is 20.5. The van der Waals surface area contributed by atoms with E-state index >= 15 is 0 Å². The smallest absolute Gasteiger partial charge is 0.168 e. The van der Waals surface area contributed by atoms with Crippen molar-refractivity contribution in [2.45, 2.75) is 45.2 Å². The van der Waals surface area contributed by atoms with E-state index in [-0.39, 0.29) is 5.54 Å². The minimum Gasteiger partial charge on any atom is -0.374 e. The van der Waals surface area contributed by atoms with Crippen molar-refractivity contribution in [1.29, 1.82) is 0 Å². The monoisotopic (exact) mass is 427 g/mol. The van der Waals surface area contributed by atoms with Crippen LogP contribution in [0.4, 0.5) is 0 Å². The third kappa shape index (κ3) is 4.25. The summed E-state index contributed by atoms with van der Waals surface area (Å²) in [5, 5.41) is 1.52. The van der Waals surface area contributed by atoms with E-state index in [0.717, 1.165) is 41.7 Å². The maximum Gasteiger partial charge on any atom is 0.168 e. The number of hydrogen-bond donors (Lipinski definition) is 0. The van der Waals surface area contributed by atoms with Crippen molar-refractivity contribution < 1.29 is 4.58 Å². The van der Waals surface area contributed by atoms with Gasteiger partial charge in [0.2, 0.25) is 0 Å². The standard InChI is InChI=1S/C25H29Cl2N2/c1-25(2)21(17-20-22(26)11-8-12-23(20)27)24(28-14-6-7-15-28)13-16-29(25)18-19-9-4-3-5-10-19/h3-5,8-13,16,21H,6-7,14-15,17-18H2,1-2H3/q+1. The SMILES string of the molecule is CC1(C)C(Cc2c(Cl)cccc2Cl)C(N2CCCC2)=CC=[N+]1Cc1ccccc1. The quantitative estimate of drug-likeness (QED) is 0.514. The van der Waals surface area contributed by atoms with Crippen LogP contribution in [-0.2, 0) is 13.0 Å². The van der Waals surface area contributed by atoms with Gasteiger partial charge in [-0.2, -0.15) is 0 Å². The molecule has 0 radical (unpaired) electrons. The zero-order valence-corrected chi connectivity index (χ0v) is 18.8. The number of rotatable bonds is 5. The second-order valence-corrected chi connectivity index (χ2v) is 9.47. The van der Waals surface area contributed by atoms with Crippen molar-refractivity contribution in [2.24, 2.45) is 5.92 Å². The topological polar surface area (TPSA) is 6.25 Å². The predicted molar refractivity (Wildman–Crippen MR) is 123 cm³/mol. The van der Waals surface area contributed by atoms with Gasteiger partial charge in [-0.1, -0.05) is 59.6 Å². The first-order chi connectivity index (χ1) is 14.0. The lowest BCUT2D eigenvalue weighted by atomic mass is 9.77. The molecular weight excluding hydrogens is 399 g/mol. The van der Waals surface area contributed by atoms with Crippen LogP contribution in [0.5, 0.6) is 0 Å². The van der Waals surface area contributed by atoms with E-state index in [9.17, 15) is 0 Å². The molecule has 1 saturated heterocycles. The molecule has 0 aliphatic carbocycles. The van der Waals surface area contributed by atoms with Gasteiger partial charge in [-0.05, 0) is 37.0 Å². The summed E-state index contributed by atoms with van der Waals surface area (Å²) in [6.07, 6.45) is 7.99. The summed E-state index contributed by atoms with van der Waals surface area (Å²) in [5.74, 6) is 0.312. The summed E-state index contributed by atoms with van der Waals surface area (Å²) in [7, 11) is 0. The highest BCUT2D eigenvalue weighted by molar-refractivity contribution is 6.36. The minimum atomic E-state index is -0.0645. The summed E-state index contributed by atoms with van der Waals surface area (Å²) >= 11 is 13.2. The van der Waals surface area contributed by atoms with Gasteiger partial charge < -0.3 is 4.90 Å². The minimum absolute atomic E-state index is 0.0645. The molecule has 0 bridgehead atoms.